The number of carbonyl (C=O) groups is 1. The van der Waals surface area contributed by atoms with Gasteiger partial charge in [0, 0.05) is 27.7 Å². The summed E-state index contributed by atoms with van der Waals surface area (Å²) in [6.07, 6.45) is 0. The maximum atomic E-state index is 11.5. The van der Waals surface area contributed by atoms with E-state index in [-0.39, 0.29) is 0 Å². The fourth-order valence-electron chi connectivity index (χ4n) is 2.76. The third-order valence-electron chi connectivity index (χ3n) is 3.80. The number of rotatable bonds is 3. The van der Waals surface area contributed by atoms with E-state index in [1.54, 1.807) is 6.07 Å². The minimum Gasteiger partial charge on any atom is -0.366 e. The van der Waals surface area contributed by atoms with Crippen LogP contribution in [0.4, 0.5) is 0 Å². The molecule has 1 heterocycles. The zero-order chi connectivity index (χ0) is 15.0. The summed E-state index contributed by atoms with van der Waals surface area (Å²) in [5, 5.41) is 0.874. The molecule has 3 rings (SSSR count). The lowest BCUT2D eigenvalue weighted by Crippen LogP contribution is -2.10. The summed E-state index contributed by atoms with van der Waals surface area (Å²) in [5.74, 6) is 0.0338. The Morgan fingerprint density at radius 1 is 1.10 bits per heavy atom. The van der Waals surface area contributed by atoms with Gasteiger partial charge in [-0.3, -0.25) is 4.79 Å². The van der Waals surface area contributed by atoms with Crippen LogP contribution in [0.1, 0.15) is 35.7 Å². The molecule has 0 unspecified atom stereocenters. The minimum absolute atomic E-state index is 0.400. The van der Waals surface area contributed by atoms with E-state index in [4.69, 9.17) is 5.73 Å². The van der Waals surface area contributed by atoms with Crippen molar-refractivity contribution in [3.05, 3.63) is 59.7 Å². The van der Waals surface area contributed by atoms with E-state index < -0.39 is 5.91 Å². The average Bonchev–Trinajstić information content (AvgIpc) is 2.90. The molecule has 0 saturated heterocycles. The zero-order valence-electron chi connectivity index (χ0n) is 12.2. The molecule has 0 radical (unpaired) electrons. The van der Waals surface area contributed by atoms with Crippen molar-refractivity contribution in [1.82, 2.24) is 4.98 Å². The van der Waals surface area contributed by atoms with Crippen molar-refractivity contribution in [3.8, 4) is 11.3 Å². The van der Waals surface area contributed by atoms with Crippen LogP contribution in [0.5, 0.6) is 0 Å². The number of primary amides is 1. The Labute approximate surface area is 123 Å². The van der Waals surface area contributed by atoms with E-state index in [2.05, 4.69) is 37.0 Å². The van der Waals surface area contributed by atoms with E-state index in [1.807, 2.05) is 24.3 Å². The minimum atomic E-state index is -0.400. The molecule has 3 heteroatoms. The van der Waals surface area contributed by atoms with Gasteiger partial charge in [-0.2, -0.15) is 0 Å². The van der Waals surface area contributed by atoms with Crippen molar-refractivity contribution in [1.29, 1.82) is 0 Å². The van der Waals surface area contributed by atoms with Crippen molar-refractivity contribution >= 4 is 16.8 Å². The van der Waals surface area contributed by atoms with E-state index in [9.17, 15) is 4.79 Å². The van der Waals surface area contributed by atoms with Gasteiger partial charge in [0.2, 0.25) is 5.91 Å². The normalized spacial score (nSPS) is 11.2. The van der Waals surface area contributed by atoms with E-state index in [1.165, 1.54) is 11.1 Å². The Bertz CT molecular complexity index is 815. The van der Waals surface area contributed by atoms with Gasteiger partial charge in [0.05, 0.1) is 0 Å². The van der Waals surface area contributed by atoms with Crippen LogP contribution in [-0.2, 0) is 0 Å². The molecule has 106 valence electrons. The standard InChI is InChI=1S/C18H18N2O/c1-11(2)12-6-3-4-7-13(12)17-10-15-14(18(19)21)8-5-9-16(15)20-17/h3-11,20H,1-2H3,(H2,19,21). The Balaban J connectivity index is 2.23. The highest BCUT2D eigenvalue weighted by Gasteiger charge is 2.13. The van der Waals surface area contributed by atoms with Crippen molar-refractivity contribution in [3.63, 3.8) is 0 Å². The van der Waals surface area contributed by atoms with E-state index in [0.29, 0.717) is 11.5 Å². The topological polar surface area (TPSA) is 58.9 Å². The third-order valence-corrected chi connectivity index (χ3v) is 3.80. The second kappa shape index (κ2) is 5.09. The molecule has 21 heavy (non-hydrogen) atoms. The van der Waals surface area contributed by atoms with Gasteiger partial charge in [0.25, 0.3) is 0 Å². The molecule has 0 aliphatic heterocycles. The van der Waals surface area contributed by atoms with Crippen LogP contribution in [0.2, 0.25) is 0 Å². The lowest BCUT2D eigenvalue weighted by Gasteiger charge is -2.11. The van der Waals surface area contributed by atoms with Crippen LogP contribution in [0.3, 0.4) is 0 Å². The molecular weight excluding hydrogens is 260 g/mol. The summed E-state index contributed by atoms with van der Waals surface area (Å²) in [6, 6.07) is 15.9. The molecule has 2 aromatic carbocycles. The number of H-pyrrole nitrogens is 1. The predicted octanol–water partition coefficient (Wildman–Crippen LogP) is 4.06. The van der Waals surface area contributed by atoms with Crippen LogP contribution in [0.15, 0.2) is 48.5 Å². The average molecular weight is 278 g/mol. The number of nitrogens with one attached hydrogen (secondary N) is 1. The second-order valence-electron chi connectivity index (χ2n) is 5.56. The summed E-state index contributed by atoms with van der Waals surface area (Å²) in [5.41, 5.74) is 10.4. The third kappa shape index (κ3) is 2.31. The molecule has 3 N–H and O–H groups in total. The molecule has 0 saturated carbocycles. The van der Waals surface area contributed by atoms with Gasteiger partial charge in [-0.25, -0.2) is 0 Å². The van der Waals surface area contributed by atoms with Gasteiger partial charge in [-0.05, 0) is 29.7 Å². The molecule has 0 fully saturated rings. The van der Waals surface area contributed by atoms with E-state index in [0.717, 1.165) is 16.6 Å². The molecule has 0 spiro atoms. The van der Waals surface area contributed by atoms with Gasteiger partial charge in [-0.1, -0.05) is 44.2 Å². The monoisotopic (exact) mass is 278 g/mol. The summed E-state index contributed by atoms with van der Waals surface area (Å²) < 4.78 is 0. The molecular formula is C18H18N2O. The molecule has 0 atom stereocenters. The Morgan fingerprint density at radius 2 is 1.86 bits per heavy atom. The number of carbonyl (C=O) groups excluding carboxylic acids is 1. The summed E-state index contributed by atoms with van der Waals surface area (Å²) >= 11 is 0. The highest BCUT2D eigenvalue weighted by molar-refractivity contribution is 6.06. The quantitative estimate of drug-likeness (QED) is 0.745. The Kier molecular flexibility index (Phi) is 3.26. The molecule has 0 aliphatic carbocycles. The number of aromatic amines is 1. The Hall–Kier alpha value is -2.55. The van der Waals surface area contributed by atoms with Crippen LogP contribution < -0.4 is 5.73 Å². The first kappa shape index (κ1) is 13.4. The lowest BCUT2D eigenvalue weighted by molar-refractivity contribution is 0.100. The van der Waals surface area contributed by atoms with Gasteiger partial charge in [-0.15, -0.1) is 0 Å². The van der Waals surface area contributed by atoms with Crippen LogP contribution in [0, 0.1) is 0 Å². The second-order valence-corrected chi connectivity index (χ2v) is 5.56. The number of nitrogens with two attached hydrogens (primary N) is 1. The molecule has 3 aromatic rings. The number of hydrogen-bond acceptors (Lipinski definition) is 1. The largest absolute Gasteiger partial charge is 0.366 e. The maximum Gasteiger partial charge on any atom is 0.249 e. The molecule has 0 aliphatic rings. The lowest BCUT2D eigenvalue weighted by atomic mass is 9.95. The van der Waals surface area contributed by atoms with Crippen molar-refractivity contribution in [2.75, 3.05) is 0 Å². The number of hydrogen-bond donors (Lipinski definition) is 2. The Morgan fingerprint density at radius 3 is 2.57 bits per heavy atom. The highest BCUT2D eigenvalue weighted by Crippen LogP contribution is 2.31. The van der Waals surface area contributed by atoms with E-state index >= 15 is 0 Å². The first-order valence-corrected chi connectivity index (χ1v) is 7.08. The summed E-state index contributed by atoms with van der Waals surface area (Å²) in [7, 11) is 0. The smallest absolute Gasteiger partial charge is 0.249 e. The van der Waals surface area contributed by atoms with Crippen LogP contribution in [-0.4, -0.2) is 10.9 Å². The molecule has 3 nitrogen and oxygen atoms in total. The van der Waals surface area contributed by atoms with Gasteiger partial charge in [0.15, 0.2) is 0 Å². The molecule has 1 aromatic heterocycles. The highest BCUT2D eigenvalue weighted by atomic mass is 16.1. The fourth-order valence-corrected chi connectivity index (χ4v) is 2.76. The van der Waals surface area contributed by atoms with Gasteiger partial charge >= 0.3 is 0 Å². The van der Waals surface area contributed by atoms with Crippen LogP contribution in [0.25, 0.3) is 22.2 Å². The zero-order valence-corrected chi connectivity index (χ0v) is 12.2. The maximum absolute atomic E-state index is 11.5. The van der Waals surface area contributed by atoms with Gasteiger partial charge < -0.3 is 10.7 Å². The number of benzene rings is 2. The first-order valence-electron chi connectivity index (χ1n) is 7.08. The SMILES string of the molecule is CC(C)c1ccccc1-c1cc2c(C(N)=O)cccc2[nH]1. The number of aromatic nitrogens is 1. The fraction of sp³-hybridized carbons (Fsp3) is 0.167. The van der Waals surface area contributed by atoms with Crippen molar-refractivity contribution in [2.45, 2.75) is 19.8 Å². The van der Waals surface area contributed by atoms with Crippen molar-refractivity contribution in [2.24, 2.45) is 5.73 Å². The summed E-state index contributed by atoms with van der Waals surface area (Å²) in [6.45, 7) is 4.35. The first-order chi connectivity index (χ1) is 10.1. The summed E-state index contributed by atoms with van der Waals surface area (Å²) in [4.78, 5) is 14.9. The van der Waals surface area contributed by atoms with Crippen LogP contribution >= 0.6 is 0 Å². The number of amides is 1. The number of fused-ring (bicyclic) bond motifs is 1. The molecule has 0 bridgehead atoms. The predicted molar refractivity (Wildman–Crippen MR) is 86.3 cm³/mol. The van der Waals surface area contributed by atoms with Crippen molar-refractivity contribution < 1.29 is 4.79 Å². The molecule has 1 amide bonds. The van der Waals surface area contributed by atoms with Gasteiger partial charge in [0.1, 0.15) is 0 Å².